The third-order valence-corrected chi connectivity index (χ3v) is 5.14. The third kappa shape index (κ3) is 4.97. The lowest BCUT2D eigenvalue weighted by molar-refractivity contribution is -0.121. The highest BCUT2D eigenvalue weighted by atomic mass is 32.1. The molecule has 21 heavy (non-hydrogen) atoms. The molecule has 0 aromatic carbocycles. The highest BCUT2D eigenvalue weighted by Gasteiger charge is 2.25. The van der Waals surface area contributed by atoms with Gasteiger partial charge in [-0.05, 0) is 26.2 Å². The van der Waals surface area contributed by atoms with E-state index in [4.69, 9.17) is 0 Å². The average Bonchev–Trinajstić information content (AvgIpc) is 2.81. The summed E-state index contributed by atoms with van der Waals surface area (Å²) < 4.78 is 1.70. The van der Waals surface area contributed by atoms with Crippen molar-refractivity contribution in [2.24, 2.45) is 5.41 Å². The Morgan fingerprint density at radius 2 is 2.10 bits per heavy atom. The number of nitrogens with one attached hydrogen (secondary N) is 1. The van der Waals surface area contributed by atoms with Gasteiger partial charge >= 0.3 is 4.87 Å². The number of aliphatic hydroxyl groups excluding tert-OH is 1. The summed E-state index contributed by atoms with van der Waals surface area (Å²) in [5, 5.41) is 14.2. The van der Waals surface area contributed by atoms with Gasteiger partial charge in [-0.25, -0.2) is 0 Å². The second kappa shape index (κ2) is 8.34. The van der Waals surface area contributed by atoms with Gasteiger partial charge in [-0.15, -0.1) is 0 Å². The van der Waals surface area contributed by atoms with Gasteiger partial charge in [0.15, 0.2) is 0 Å². The summed E-state index contributed by atoms with van der Waals surface area (Å²) >= 11 is 1.19. The Bertz CT molecular complexity index is 495. The highest BCUT2D eigenvalue weighted by molar-refractivity contribution is 7.07. The normalized spacial score (nSPS) is 11.6. The van der Waals surface area contributed by atoms with Gasteiger partial charge in [0.05, 0.1) is 6.61 Å². The predicted molar refractivity (Wildman–Crippen MR) is 85.7 cm³/mol. The molecule has 0 unspecified atom stereocenters. The Labute approximate surface area is 130 Å². The summed E-state index contributed by atoms with van der Waals surface area (Å²) in [5.41, 5.74) is 0.734. The molecule has 1 aromatic heterocycles. The molecule has 0 aliphatic heterocycles. The minimum atomic E-state index is -0.212. The van der Waals surface area contributed by atoms with E-state index in [0.29, 0.717) is 25.9 Å². The molecule has 120 valence electrons. The lowest BCUT2D eigenvalue weighted by Crippen LogP contribution is -2.39. The van der Waals surface area contributed by atoms with Gasteiger partial charge in [-0.2, -0.15) is 0 Å². The van der Waals surface area contributed by atoms with Crippen molar-refractivity contribution in [1.82, 2.24) is 9.88 Å². The van der Waals surface area contributed by atoms with Crippen molar-refractivity contribution >= 4 is 17.2 Å². The van der Waals surface area contributed by atoms with E-state index in [-0.39, 0.29) is 22.8 Å². The Hall–Kier alpha value is -1.14. The standard InChI is InChI=1S/C15H26N2O3S/c1-4-15(5-2,11-18)10-16-13(19)7-6-8-17-12(3)9-21-14(17)20/h9,18H,4-8,10-11H2,1-3H3,(H,16,19). The number of carbonyl (C=O) groups is 1. The maximum Gasteiger partial charge on any atom is 0.307 e. The zero-order chi connectivity index (χ0) is 15.9. The second-order valence-electron chi connectivity index (χ2n) is 5.54. The van der Waals surface area contributed by atoms with Crippen molar-refractivity contribution in [3.8, 4) is 0 Å². The molecule has 0 atom stereocenters. The number of aryl methyl sites for hydroxylation is 1. The Morgan fingerprint density at radius 3 is 2.57 bits per heavy atom. The van der Waals surface area contributed by atoms with Crippen LogP contribution in [-0.2, 0) is 11.3 Å². The number of hydrogen-bond acceptors (Lipinski definition) is 4. The number of nitrogens with zero attached hydrogens (tertiary/aromatic N) is 1. The first kappa shape index (κ1) is 17.9. The van der Waals surface area contributed by atoms with Gasteiger partial charge in [0, 0.05) is 36.0 Å². The predicted octanol–water partition coefficient (Wildman–Crippen LogP) is 1.91. The molecule has 0 saturated heterocycles. The number of aliphatic hydroxyl groups is 1. The number of amides is 1. The molecule has 0 spiro atoms. The van der Waals surface area contributed by atoms with E-state index in [0.717, 1.165) is 18.5 Å². The Kier molecular flexibility index (Phi) is 7.11. The van der Waals surface area contributed by atoms with Crippen molar-refractivity contribution in [2.75, 3.05) is 13.2 Å². The summed E-state index contributed by atoms with van der Waals surface area (Å²) in [4.78, 5) is 23.4. The van der Waals surface area contributed by atoms with E-state index >= 15 is 0 Å². The summed E-state index contributed by atoms with van der Waals surface area (Å²) in [7, 11) is 0. The summed E-state index contributed by atoms with van der Waals surface area (Å²) in [6.07, 6.45) is 2.72. The molecular weight excluding hydrogens is 288 g/mol. The second-order valence-corrected chi connectivity index (χ2v) is 6.36. The number of carbonyl (C=O) groups excluding carboxylic acids is 1. The topological polar surface area (TPSA) is 71.3 Å². The van der Waals surface area contributed by atoms with Crippen LogP contribution in [0.15, 0.2) is 10.2 Å². The zero-order valence-corrected chi connectivity index (χ0v) is 14.0. The molecule has 0 bridgehead atoms. The van der Waals surface area contributed by atoms with Crippen LogP contribution < -0.4 is 10.2 Å². The molecule has 2 N–H and O–H groups in total. The molecular formula is C15H26N2O3S. The molecule has 1 rings (SSSR count). The summed E-state index contributed by atoms with van der Waals surface area (Å²) in [6, 6.07) is 0. The van der Waals surface area contributed by atoms with Crippen LogP contribution in [0.2, 0.25) is 0 Å². The SMILES string of the molecule is CCC(CC)(CO)CNC(=O)CCCn1c(C)csc1=O. The van der Waals surface area contributed by atoms with E-state index in [9.17, 15) is 14.7 Å². The number of rotatable bonds is 9. The van der Waals surface area contributed by atoms with Gasteiger partial charge < -0.3 is 15.0 Å². The van der Waals surface area contributed by atoms with Crippen LogP contribution in [-0.4, -0.2) is 28.7 Å². The van der Waals surface area contributed by atoms with E-state index in [1.807, 2.05) is 26.2 Å². The van der Waals surface area contributed by atoms with Crippen molar-refractivity contribution in [3.05, 3.63) is 20.7 Å². The first-order valence-electron chi connectivity index (χ1n) is 7.50. The molecule has 0 saturated carbocycles. The average molecular weight is 314 g/mol. The maximum absolute atomic E-state index is 11.9. The van der Waals surface area contributed by atoms with Crippen molar-refractivity contribution < 1.29 is 9.90 Å². The number of thiazole rings is 1. The Balaban J connectivity index is 2.36. The molecule has 5 nitrogen and oxygen atoms in total. The minimum absolute atomic E-state index is 0.0179. The first-order valence-corrected chi connectivity index (χ1v) is 8.38. The van der Waals surface area contributed by atoms with Crippen LogP contribution in [0.3, 0.4) is 0 Å². The fourth-order valence-electron chi connectivity index (χ4n) is 2.23. The van der Waals surface area contributed by atoms with Crippen LogP contribution in [0.25, 0.3) is 0 Å². The lowest BCUT2D eigenvalue weighted by Gasteiger charge is -2.29. The van der Waals surface area contributed by atoms with Crippen molar-refractivity contribution in [2.45, 2.75) is 53.0 Å². The van der Waals surface area contributed by atoms with Crippen molar-refractivity contribution in [1.29, 1.82) is 0 Å². The third-order valence-electron chi connectivity index (χ3n) is 4.26. The molecule has 1 aromatic rings. The van der Waals surface area contributed by atoms with E-state index < -0.39 is 0 Å². The van der Waals surface area contributed by atoms with Gasteiger partial charge in [-0.1, -0.05) is 25.2 Å². The van der Waals surface area contributed by atoms with E-state index in [1.165, 1.54) is 11.3 Å². The summed E-state index contributed by atoms with van der Waals surface area (Å²) in [5.74, 6) is -0.0179. The first-order chi connectivity index (χ1) is 9.98. The molecule has 0 aliphatic rings. The fourth-order valence-corrected chi connectivity index (χ4v) is 2.99. The fraction of sp³-hybridized carbons (Fsp3) is 0.733. The van der Waals surface area contributed by atoms with Crippen molar-refractivity contribution in [3.63, 3.8) is 0 Å². The minimum Gasteiger partial charge on any atom is -0.396 e. The molecule has 0 radical (unpaired) electrons. The van der Waals surface area contributed by atoms with Crippen LogP contribution in [0.4, 0.5) is 0 Å². The van der Waals surface area contributed by atoms with Crippen LogP contribution in [0.1, 0.15) is 45.2 Å². The molecule has 1 amide bonds. The highest BCUT2D eigenvalue weighted by Crippen LogP contribution is 2.24. The van der Waals surface area contributed by atoms with Crippen LogP contribution in [0, 0.1) is 12.3 Å². The molecule has 6 heteroatoms. The monoisotopic (exact) mass is 314 g/mol. The molecule has 0 fully saturated rings. The molecule has 1 heterocycles. The van der Waals surface area contributed by atoms with E-state index in [2.05, 4.69) is 5.32 Å². The number of aromatic nitrogens is 1. The maximum atomic E-state index is 11.9. The molecule has 0 aliphatic carbocycles. The quantitative estimate of drug-likeness (QED) is 0.731. The largest absolute Gasteiger partial charge is 0.396 e. The van der Waals surface area contributed by atoms with Gasteiger partial charge in [0.2, 0.25) is 5.91 Å². The van der Waals surface area contributed by atoms with Gasteiger partial charge in [0.1, 0.15) is 0 Å². The zero-order valence-electron chi connectivity index (χ0n) is 13.1. The van der Waals surface area contributed by atoms with Crippen LogP contribution in [0.5, 0.6) is 0 Å². The van der Waals surface area contributed by atoms with Gasteiger partial charge in [-0.3, -0.25) is 9.59 Å². The smallest absolute Gasteiger partial charge is 0.307 e. The lowest BCUT2D eigenvalue weighted by atomic mass is 9.83. The van der Waals surface area contributed by atoms with E-state index in [1.54, 1.807) is 4.57 Å². The van der Waals surface area contributed by atoms with Crippen LogP contribution >= 0.6 is 11.3 Å². The Morgan fingerprint density at radius 1 is 1.43 bits per heavy atom. The number of hydrogen-bond donors (Lipinski definition) is 2. The van der Waals surface area contributed by atoms with Gasteiger partial charge in [0.25, 0.3) is 0 Å². The summed E-state index contributed by atoms with van der Waals surface area (Å²) in [6.45, 7) is 7.12.